The number of sulfonamides is 1. The standard InChI is InChI=1S/C12H17NO4S/c1-17-9-10-6-7-13(8-10)18(15,16)12-5-3-2-4-11(12)14/h2-5,10,14H,6-9H2,1H3. The van der Waals surface area contributed by atoms with E-state index in [1.807, 2.05) is 0 Å². The molecule has 0 saturated carbocycles. The fourth-order valence-electron chi connectivity index (χ4n) is 2.20. The maximum absolute atomic E-state index is 12.3. The van der Waals surface area contributed by atoms with Crippen LogP contribution in [0.15, 0.2) is 29.2 Å². The number of ether oxygens (including phenoxy) is 1. The average Bonchev–Trinajstić information content (AvgIpc) is 2.79. The number of aromatic hydroxyl groups is 1. The first kappa shape index (κ1) is 13.3. The number of rotatable bonds is 4. The highest BCUT2D eigenvalue weighted by atomic mass is 32.2. The smallest absolute Gasteiger partial charge is 0.246 e. The second-order valence-electron chi connectivity index (χ2n) is 4.44. The van der Waals surface area contributed by atoms with Crippen molar-refractivity contribution in [1.82, 2.24) is 4.31 Å². The van der Waals surface area contributed by atoms with E-state index in [9.17, 15) is 13.5 Å². The summed E-state index contributed by atoms with van der Waals surface area (Å²) >= 11 is 0. The van der Waals surface area contributed by atoms with Gasteiger partial charge >= 0.3 is 0 Å². The summed E-state index contributed by atoms with van der Waals surface area (Å²) in [6.07, 6.45) is 0.792. The molecule has 1 unspecified atom stereocenters. The molecule has 6 heteroatoms. The maximum atomic E-state index is 12.3. The molecule has 0 aliphatic carbocycles. The molecular formula is C12H17NO4S. The third-order valence-electron chi connectivity index (χ3n) is 3.13. The Hall–Kier alpha value is -1.11. The van der Waals surface area contributed by atoms with Crippen molar-refractivity contribution in [1.29, 1.82) is 0 Å². The number of hydrogen-bond donors (Lipinski definition) is 1. The Bertz CT molecular complexity index is 515. The minimum absolute atomic E-state index is 0.0249. The van der Waals surface area contributed by atoms with Crippen molar-refractivity contribution < 1.29 is 18.3 Å². The van der Waals surface area contributed by atoms with Crippen LogP contribution in [0.2, 0.25) is 0 Å². The molecule has 1 aromatic carbocycles. The topological polar surface area (TPSA) is 66.8 Å². The molecule has 0 bridgehead atoms. The summed E-state index contributed by atoms with van der Waals surface area (Å²) < 4.78 is 31.1. The van der Waals surface area contributed by atoms with Gasteiger partial charge < -0.3 is 9.84 Å². The molecule has 1 aliphatic rings. The first-order valence-corrected chi connectivity index (χ1v) is 7.27. The summed E-state index contributed by atoms with van der Waals surface area (Å²) in [4.78, 5) is -0.0249. The number of benzene rings is 1. The van der Waals surface area contributed by atoms with Crippen LogP contribution >= 0.6 is 0 Å². The molecule has 2 rings (SSSR count). The molecule has 0 aromatic heterocycles. The quantitative estimate of drug-likeness (QED) is 0.889. The van der Waals surface area contributed by atoms with E-state index in [1.165, 1.54) is 16.4 Å². The van der Waals surface area contributed by atoms with Gasteiger partial charge in [-0.2, -0.15) is 4.31 Å². The van der Waals surface area contributed by atoms with Crippen LogP contribution in [0, 0.1) is 5.92 Å². The lowest BCUT2D eigenvalue weighted by atomic mass is 10.1. The van der Waals surface area contributed by atoms with E-state index in [1.54, 1.807) is 19.2 Å². The van der Waals surface area contributed by atoms with Crippen LogP contribution in [-0.2, 0) is 14.8 Å². The van der Waals surface area contributed by atoms with Gasteiger partial charge in [-0.25, -0.2) is 8.42 Å². The molecule has 1 saturated heterocycles. The minimum atomic E-state index is -3.59. The Morgan fingerprint density at radius 3 is 2.83 bits per heavy atom. The molecule has 18 heavy (non-hydrogen) atoms. The Labute approximate surface area is 107 Å². The number of para-hydroxylation sites is 1. The van der Waals surface area contributed by atoms with Gasteiger partial charge in [0.25, 0.3) is 0 Å². The first-order chi connectivity index (χ1) is 8.55. The lowest BCUT2D eigenvalue weighted by Gasteiger charge is -2.17. The fourth-order valence-corrected chi connectivity index (χ4v) is 3.82. The minimum Gasteiger partial charge on any atom is -0.507 e. The van der Waals surface area contributed by atoms with Gasteiger partial charge in [-0.05, 0) is 24.5 Å². The molecule has 5 nitrogen and oxygen atoms in total. The van der Waals surface area contributed by atoms with Crippen LogP contribution in [0.25, 0.3) is 0 Å². The SMILES string of the molecule is COCC1CCN(S(=O)(=O)c2ccccc2O)C1. The number of methoxy groups -OCH3 is 1. The molecule has 1 heterocycles. The first-order valence-electron chi connectivity index (χ1n) is 5.83. The third kappa shape index (κ3) is 2.50. The van der Waals surface area contributed by atoms with Gasteiger partial charge in [-0.15, -0.1) is 0 Å². The van der Waals surface area contributed by atoms with Gasteiger partial charge in [0, 0.05) is 20.2 Å². The van der Waals surface area contributed by atoms with Crippen LogP contribution in [-0.4, -0.2) is 44.6 Å². The predicted molar refractivity (Wildman–Crippen MR) is 66.8 cm³/mol. The van der Waals surface area contributed by atoms with Crippen molar-refractivity contribution in [3.05, 3.63) is 24.3 Å². The van der Waals surface area contributed by atoms with E-state index in [0.29, 0.717) is 19.7 Å². The fraction of sp³-hybridized carbons (Fsp3) is 0.500. The lowest BCUT2D eigenvalue weighted by molar-refractivity contribution is 0.157. The highest BCUT2D eigenvalue weighted by molar-refractivity contribution is 7.89. The molecule has 1 N–H and O–H groups in total. The van der Waals surface area contributed by atoms with Crippen LogP contribution in [0.1, 0.15) is 6.42 Å². The van der Waals surface area contributed by atoms with E-state index >= 15 is 0 Å². The molecule has 1 fully saturated rings. The molecule has 1 atom stereocenters. The maximum Gasteiger partial charge on any atom is 0.246 e. The van der Waals surface area contributed by atoms with Crippen molar-refractivity contribution in [2.45, 2.75) is 11.3 Å². The highest BCUT2D eigenvalue weighted by Crippen LogP contribution is 2.29. The zero-order chi connectivity index (χ0) is 13.2. The highest BCUT2D eigenvalue weighted by Gasteiger charge is 2.33. The molecule has 0 radical (unpaired) electrons. The van der Waals surface area contributed by atoms with Crippen molar-refractivity contribution >= 4 is 10.0 Å². The van der Waals surface area contributed by atoms with Crippen molar-refractivity contribution in [2.24, 2.45) is 5.92 Å². The molecule has 0 amide bonds. The summed E-state index contributed by atoms with van der Waals surface area (Å²) in [5, 5.41) is 9.65. The Morgan fingerprint density at radius 2 is 2.17 bits per heavy atom. The number of phenolic OH excluding ortho intramolecular Hbond substituents is 1. The van der Waals surface area contributed by atoms with Gasteiger partial charge in [0.1, 0.15) is 10.6 Å². The zero-order valence-electron chi connectivity index (χ0n) is 10.2. The van der Waals surface area contributed by atoms with Gasteiger partial charge in [-0.1, -0.05) is 12.1 Å². The van der Waals surface area contributed by atoms with Gasteiger partial charge in [-0.3, -0.25) is 0 Å². The monoisotopic (exact) mass is 271 g/mol. The largest absolute Gasteiger partial charge is 0.507 e. The van der Waals surface area contributed by atoms with E-state index in [4.69, 9.17) is 4.74 Å². The summed E-state index contributed by atoms with van der Waals surface area (Å²) in [6, 6.07) is 6.02. The summed E-state index contributed by atoms with van der Waals surface area (Å²) in [5.74, 6) is 0.0309. The number of phenols is 1. The van der Waals surface area contributed by atoms with E-state index in [2.05, 4.69) is 0 Å². The second kappa shape index (κ2) is 5.26. The summed E-state index contributed by atoms with van der Waals surface area (Å²) in [7, 11) is -1.98. The van der Waals surface area contributed by atoms with Crippen LogP contribution < -0.4 is 0 Å². The average molecular weight is 271 g/mol. The number of nitrogens with zero attached hydrogens (tertiary/aromatic N) is 1. The Kier molecular flexibility index (Phi) is 3.89. The molecule has 100 valence electrons. The zero-order valence-corrected chi connectivity index (χ0v) is 11.1. The molecule has 0 spiro atoms. The van der Waals surface area contributed by atoms with Gasteiger partial charge in [0.05, 0.1) is 6.61 Å². The summed E-state index contributed by atoms with van der Waals surface area (Å²) in [5.41, 5.74) is 0. The number of hydrogen-bond acceptors (Lipinski definition) is 4. The van der Waals surface area contributed by atoms with Crippen LogP contribution in [0.4, 0.5) is 0 Å². The van der Waals surface area contributed by atoms with Gasteiger partial charge in [0.2, 0.25) is 10.0 Å². The molecule has 1 aliphatic heterocycles. The Morgan fingerprint density at radius 1 is 1.44 bits per heavy atom. The normalized spacial score (nSPS) is 21.3. The van der Waals surface area contributed by atoms with E-state index in [-0.39, 0.29) is 16.6 Å². The second-order valence-corrected chi connectivity index (χ2v) is 6.35. The van der Waals surface area contributed by atoms with Crippen molar-refractivity contribution in [3.63, 3.8) is 0 Å². The van der Waals surface area contributed by atoms with Crippen LogP contribution in [0.5, 0.6) is 5.75 Å². The third-order valence-corrected chi connectivity index (χ3v) is 5.05. The van der Waals surface area contributed by atoms with E-state index < -0.39 is 10.0 Å². The van der Waals surface area contributed by atoms with Crippen molar-refractivity contribution in [3.8, 4) is 5.75 Å². The molecule has 1 aromatic rings. The summed E-state index contributed by atoms with van der Waals surface area (Å²) in [6.45, 7) is 1.49. The molecular weight excluding hydrogens is 254 g/mol. The predicted octanol–water partition coefficient (Wildman–Crippen LogP) is 1.05. The van der Waals surface area contributed by atoms with Crippen LogP contribution in [0.3, 0.4) is 0 Å². The Balaban J connectivity index is 2.21. The van der Waals surface area contributed by atoms with Crippen molar-refractivity contribution in [2.75, 3.05) is 26.8 Å². The van der Waals surface area contributed by atoms with E-state index in [0.717, 1.165) is 6.42 Å². The lowest BCUT2D eigenvalue weighted by Crippen LogP contribution is -2.29. The van der Waals surface area contributed by atoms with Gasteiger partial charge in [0.15, 0.2) is 0 Å².